The Labute approximate surface area is 139 Å². The van der Waals surface area contributed by atoms with Crippen LogP contribution in [0.4, 0.5) is 5.82 Å². The largest absolute Gasteiger partial charge is 0.462 e. The number of anilines is 1. The van der Waals surface area contributed by atoms with Gasteiger partial charge in [0.15, 0.2) is 5.82 Å². The van der Waals surface area contributed by atoms with Gasteiger partial charge in [0.1, 0.15) is 5.56 Å². The van der Waals surface area contributed by atoms with E-state index in [-0.39, 0.29) is 22.9 Å². The van der Waals surface area contributed by atoms with Crippen LogP contribution < -0.4 is 4.72 Å². The van der Waals surface area contributed by atoms with E-state index in [9.17, 15) is 13.2 Å². The molecule has 1 aromatic heterocycles. The van der Waals surface area contributed by atoms with E-state index in [4.69, 9.17) is 4.74 Å². The average Bonchev–Trinajstić information content (AvgIpc) is 2.88. The fourth-order valence-corrected chi connectivity index (χ4v) is 3.37. The molecule has 2 rings (SSSR count). The van der Waals surface area contributed by atoms with Crippen molar-refractivity contribution in [2.75, 3.05) is 17.6 Å². The van der Waals surface area contributed by atoms with Crippen molar-refractivity contribution in [2.45, 2.75) is 16.7 Å². The molecule has 0 saturated heterocycles. The average molecular weight is 355 g/mol. The first-order valence-corrected chi connectivity index (χ1v) is 9.45. The molecule has 0 amide bonds. The highest BCUT2D eigenvalue weighted by molar-refractivity contribution is 7.98. The van der Waals surface area contributed by atoms with Crippen molar-refractivity contribution < 1.29 is 17.9 Å². The Kier molecular flexibility index (Phi) is 5.32. The number of ether oxygens (including phenoxy) is 1. The number of hydrogen-bond donors (Lipinski definition) is 1. The van der Waals surface area contributed by atoms with Crippen molar-refractivity contribution in [1.29, 1.82) is 0 Å². The number of aryl methyl sites for hydroxylation is 1. The van der Waals surface area contributed by atoms with Gasteiger partial charge < -0.3 is 4.74 Å². The zero-order valence-electron chi connectivity index (χ0n) is 12.9. The minimum Gasteiger partial charge on any atom is -0.462 e. The summed E-state index contributed by atoms with van der Waals surface area (Å²) in [4.78, 5) is 12.9. The lowest BCUT2D eigenvalue weighted by molar-refractivity contribution is 0.0527. The van der Waals surface area contributed by atoms with Crippen molar-refractivity contribution in [2.24, 2.45) is 7.05 Å². The van der Waals surface area contributed by atoms with Gasteiger partial charge in [-0.25, -0.2) is 13.2 Å². The number of hydrogen-bond acceptors (Lipinski definition) is 6. The molecule has 23 heavy (non-hydrogen) atoms. The number of sulfonamides is 1. The summed E-state index contributed by atoms with van der Waals surface area (Å²) in [5.74, 6) is -0.562. The van der Waals surface area contributed by atoms with E-state index in [0.29, 0.717) is 0 Å². The second kappa shape index (κ2) is 7.05. The number of benzene rings is 1. The summed E-state index contributed by atoms with van der Waals surface area (Å²) in [5, 5.41) is 3.91. The van der Waals surface area contributed by atoms with Crippen LogP contribution in [0.3, 0.4) is 0 Å². The van der Waals surface area contributed by atoms with Crippen LogP contribution in [0.1, 0.15) is 17.3 Å². The number of thioether (sulfide) groups is 1. The fraction of sp³-hybridized carbons (Fsp3) is 0.286. The van der Waals surface area contributed by atoms with E-state index in [1.807, 2.05) is 6.26 Å². The molecular formula is C14H17N3O4S2. The van der Waals surface area contributed by atoms with E-state index < -0.39 is 16.0 Å². The molecule has 7 nitrogen and oxygen atoms in total. The van der Waals surface area contributed by atoms with Crippen LogP contribution in [-0.4, -0.2) is 37.0 Å². The van der Waals surface area contributed by atoms with E-state index in [1.54, 1.807) is 19.1 Å². The van der Waals surface area contributed by atoms with Crippen LogP contribution in [0, 0.1) is 0 Å². The van der Waals surface area contributed by atoms with Gasteiger partial charge >= 0.3 is 5.97 Å². The molecule has 0 fully saturated rings. The molecule has 0 aliphatic rings. The molecule has 0 unspecified atom stereocenters. The van der Waals surface area contributed by atoms with Gasteiger partial charge in [-0.3, -0.25) is 9.40 Å². The summed E-state index contributed by atoms with van der Waals surface area (Å²) >= 11 is 1.52. The topological polar surface area (TPSA) is 90.3 Å². The van der Waals surface area contributed by atoms with Gasteiger partial charge in [0, 0.05) is 11.9 Å². The van der Waals surface area contributed by atoms with Crippen LogP contribution >= 0.6 is 11.8 Å². The highest BCUT2D eigenvalue weighted by Gasteiger charge is 2.23. The van der Waals surface area contributed by atoms with Crippen LogP contribution in [-0.2, 0) is 21.8 Å². The van der Waals surface area contributed by atoms with Gasteiger partial charge in [-0.2, -0.15) is 5.10 Å². The molecule has 1 heterocycles. The Morgan fingerprint density at radius 2 is 2.00 bits per heavy atom. The predicted octanol–water partition coefficient (Wildman–Crippen LogP) is 2.12. The van der Waals surface area contributed by atoms with E-state index in [1.165, 1.54) is 41.8 Å². The normalized spacial score (nSPS) is 11.3. The maximum atomic E-state index is 12.5. The highest BCUT2D eigenvalue weighted by Crippen LogP contribution is 2.22. The Bertz CT molecular complexity index is 798. The number of nitrogens with zero attached hydrogens (tertiary/aromatic N) is 2. The summed E-state index contributed by atoms with van der Waals surface area (Å²) in [6, 6.07) is 6.45. The first-order chi connectivity index (χ1) is 10.9. The van der Waals surface area contributed by atoms with Crippen LogP contribution in [0.2, 0.25) is 0 Å². The van der Waals surface area contributed by atoms with Crippen LogP contribution in [0.25, 0.3) is 0 Å². The number of nitrogens with one attached hydrogen (secondary N) is 1. The molecule has 2 aromatic rings. The number of carbonyl (C=O) groups is 1. The van der Waals surface area contributed by atoms with Gasteiger partial charge in [0.25, 0.3) is 10.0 Å². The first-order valence-electron chi connectivity index (χ1n) is 6.75. The van der Waals surface area contributed by atoms with Crippen LogP contribution in [0.5, 0.6) is 0 Å². The summed E-state index contributed by atoms with van der Waals surface area (Å²) in [6.45, 7) is 1.86. The van der Waals surface area contributed by atoms with Gasteiger partial charge in [0.05, 0.1) is 17.7 Å². The molecule has 0 spiro atoms. The third-order valence-electron chi connectivity index (χ3n) is 3.03. The fourth-order valence-electron chi connectivity index (χ4n) is 1.86. The minimum atomic E-state index is -3.83. The molecule has 1 aromatic carbocycles. The van der Waals surface area contributed by atoms with E-state index in [0.717, 1.165) is 4.90 Å². The number of esters is 1. The second-order valence-corrected chi connectivity index (χ2v) is 7.09. The Hall–Kier alpha value is -2.00. The SMILES string of the molecule is CCOC(=O)c1cnn(C)c1NS(=O)(=O)c1ccc(SC)cc1. The predicted molar refractivity (Wildman–Crippen MR) is 88.2 cm³/mol. The van der Waals surface area contributed by atoms with Crippen molar-refractivity contribution >= 4 is 33.6 Å². The first kappa shape index (κ1) is 17.4. The highest BCUT2D eigenvalue weighted by atomic mass is 32.2. The van der Waals surface area contributed by atoms with Gasteiger partial charge in [-0.1, -0.05) is 0 Å². The molecule has 0 aliphatic carbocycles. The third kappa shape index (κ3) is 3.85. The van der Waals surface area contributed by atoms with Gasteiger partial charge in [0.2, 0.25) is 0 Å². The lowest BCUT2D eigenvalue weighted by Crippen LogP contribution is -2.18. The zero-order valence-corrected chi connectivity index (χ0v) is 14.6. The summed E-state index contributed by atoms with van der Waals surface area (Å²) in [6.07, 6.45) is 3.18. The summed E-state index contributed by atoms with van der Waals surface area (Å²) < 4.78 is 33.5. The Morgan fingerprint density at radius 3 is 2.57 bits per heavy atom. The van der Waals surface area contributed by atoms with Crippen molar-refractivity contribution in [3.05, 3.63) is 36.0 Å². The lowest BCUT2D eigenvalue weighted by atomic mass is 10.3. The quantitative estimate of drug-likeness (QED) is 0.630. The molecule has 9 heteroatoms. The number of aromatic nitrogens is 2. The maximum absolute atomic E-state index is 12.5. The molecule has 0 radical (unpaired) electrons. The standard InChI is InChI=1S/C14H17N3O4S2/c1-4-21-14(18)12-9-15-17(2)13(12)16-23(19,20)11-7-5-10(22-3)6-8-11/h5-9,16H,4H2,1-3H3. The number of carbonyl (C=O) groups excluding carboxylic acids is 1. The molecular weight excluding hydrogens is 338 g/mol. The molecule has 0 saturated carbocycles. The van der Waals surface area contributed by atoms with Crippen molar-refractivity contribution in [1.82, 2.24) is 9.78 Å². The monoisotopic (exact) mass is 355 g/mol. The molecule has 0 aliphatic heterocycles. The summed E-state index contributed by atoms with van der Waals surface area (Å²) in [5.41, 5.74) is 0.0682. The Balaban J connectivity index is 2.33. The number of rotatable bonds is 6. The van der Waals surface area contributed by atoms with E-state index >= 15 is 0 Å². The minimum absolute atomic E-state index is 0.0670. The van der Waals surface area contributed by atoms with Gasteiger partial charge in [-0.15, -0.1) is 11.8 Å². The maximum Gasteiger partial charge on any atom is 0.343 e. The molecule has 0 atom stereocenters. The zero-order chi connectivity index (χ0) is 17.0. The molecule has 124 valence electrons. The van der Waals surface area contributed by atoms with Gasteiger partial charge in [-0.05, 0) is 37.4 Å². The Morgan fingerprint density at radius 1 is 1.35 bits per heavy atom. The van der Waals surface area contributed by atoms with Crippen molar-refractivity contribution in [3.8, 4) is 0 Å². The summed E-state index contributed by atoms with van der Waals surface area (Å²) in [7, 11) is -2.29. The third-order valence-corrected chi connectivity index (χ3v) is 5.13. The van der Waals surface area contributed by atoms with Crippen LogP contribution in [0.15, 0.2) is 40.3 Å². The van der Waals surface area contributed by atoms with E-state index in [2.05, 4.69) is 9.82 Å². The second-order valence-electron chi connectivity index (χ2n) is 4.53. The molecule has 0 bridgehead atoms. The lowest BCUT2D eigenvalue weighted by Gasteiger charge is -2.10. The van der Waals surface area contributed by atoms with Crippen molar-refractivity contribution in [3.63, 3.8) is 0 Å². The smallest absolute Gasteiger partial charge is 0.343 e. The molecule has 1 N–H and O–H groups in total.